The van der Waals surface area contributed by atoms with Gasteiger partial charge >= 0.3 is 5.69 Å². The number of ketones is 1. The molecule has 1 amide bonds. The molecule has 9 nitrogen and oxygen atoms in total. The minimum Gasteiger partial charge on any atom is -0.384 e. The summed E-state index contributed by atoms with van der Waals surface area (Å²) < 4.78 is 2.20. The van der Waals surface area contributed by atoms with Crippen LogP contribution in [0.3, 0.4) is 0 Å². The molecule has 0 atom stereocenters. The molecule has 144 valence electrons. The molecule has 1 aromatic heterocycles. The molecule has 0 saturated carbocycles. The quantitative estimate of drug-likeness (QED) is 0.632. The highest BCUT2D eigenvalue weighted by Crippen LogP contribution is 2.17. The van der Waals surface area contributed by atoms with Crippen molar-refractivity contribution in [1.82, 2.24) is 14.0 Å². The maximum absolute atomic E-state index is 12.7. The minimum atomic E-state index is -0.676. The van der Waals surface area contributed by atoms with Crippen LogP contribution in [0.25, 0.3) is 0 Å². The smallest absolute Gasteiger partial charge is 0.332 e. The van der Waals surface area contributed by atoms with E-state index in [1.165, 1.54) is 11.6 Å². The Morgan fingerprint density at radius 1 is 1.19 bits per heavy atom. The van der Waals surface area contributed by atoms with E-state index in [4.69, 9.17) is 11.5 Å². The van der Waals surface area contributed by atoms with Gasteiger partial charge in [0.15, 0.2) is 5.78 Å². The van der Waals surface area contributed by atoms with E-state index in [2.05, 4.69) is 0 Å². The number of nitrogens with two attached hydrogens (primary N) is 2. The topological polar surface area (TPSA) is 133 Å². The van der Waals surface area contributed by atoms with Crippen LogP contribution in [0.15, 0.2) is 9.59 Å². The summed E-state index contributed by atoms with van der Waals surface area (Å²) in [6, 6.07) is 0. The van der Waals surface area contributed by atoms with Gasteiger partial charge in [-0.3, -0.25) is 28.4 Å². The highest BCUT2D eigenvalue weighted by atomic mass is 16.2. The number of hydrogen-bond acceptors (Lipinski definition) is 6. The number of anilines is 1. The van der Waals surface area contributed by atoms with Gasteiger partial charge in [-0.1, -0.05) is 13.8 Å². The summed E-state index contributed by atoms with van der Waals surface area (Å²) in [5, 5.41) is 0. The summed E-state index contributed by atoms with van der Waals surface area (Å²) in [7, 11) is 1.34. The van der Waals surface area contributed by atoms with Crippen LogP contribution in [0, 0.1) is 11.8 Å². The van der Waals surface area contributed by atoms with Crippen LogP contribution in [-0.2, 0) is 18.4 Å². The summed E-state index contributed by atoms with van der Waals surface area (Å²) in [5.41, 5.74) is 9.98. The first-order valence-electron chi connectivity index (χ1n) is 8.77. The zero-order chi connectivity index (χ0) is 19.6. The fourth-order valence-corrected chi connectivity index (χ4v) is 3.24. The number of carbonyl (C=O) groups is 2. The lowest BCUT2D eigenvalue weighted by Crippen LogP contribution is -2.46. The maximum Gasteiger partial charge on any atom is 0.332 e. The van der Waals surface area contributed by atoms with Crippen molar-refractivity contribution in [2.75, 3.05) is 25.4 Å². The molecule has 4 N–H and O–H groups in total. The number of nitrogen functional groups attached to an aromatic ring is 1. The van der Waals surface area contributed by atoms with E-state index in [9.17, 15) is 19.2 Å². The summed E-state index contributed by atoms with van der Waals surface area (Å²) in [5.74, 6) is -0.868. The van der Waals surface area contributed by atoms with Crippen LogP contribution >= 0.6 is 0 Å². The van der Waals surface area contributed by atoms with Gasteiger partial charge < -0.3 is 11.5 Å². The van der Waals surface area contributed by atoms with Crippen LogP contribution in [0.1, 0.15) is 37.0 Å². The van der Waals surface area contributed by atoms with Gasteiger partial charge in [0, 0.05) is 19.5 Å². The highest BCUT2D eigenvalue weighted by molar-refractivity contribution is 6.01. The van der Waals surface area contributed by atoms with Gasteiger partial charge in [0.1, 0.15) is 11.4 Å². The van der Waals surface area contributed by atoms with Crippen molar-refractivity contribution in [3.8, 4) is 0 Å². The van der Waals surface area contributed by atoms with E-state index >= 15 is 0 Å². The number of Topliss-reactive ketones (excluding diaryl/α,β-unsaturated/α-hetero) is 1. The number of nitrogens with zero attached hydrogens (tertiary/aromatic N) is 3. The van der Waals surface area contributed by atoms with Crippen LogP contribution in [0.4, 0.5) is 5.82 Å². The molecule has 0 bridgehead atoms. The lowest BCUT2D eigenvalue weighted by atomic mass is 9.96. The molecular formula is C17H27N5O4. The minimum absolute atomic E-state index is 0.0187. The molecule has 0 spiro atoms. The molecule has 1 aliphatic heterocycles. The number of likely N-dealkylation sites (tertiary alicyclic amines) is 1. The summed E-state index contributed by atoms with van der Waals surface area (Å²) in [6.45, 7) is 5.27. The molecule has 2 rings (SSSR count). The van der Waals surface area contributed by atoms with Gasteiger partial charge in [-0.15, -0.1) is 0 Å². The van der Waals surface area contributed by atoms with E-state index in [-0.39, 0.29) is 35.7 Å². The number of rotatable bonds is 6. The van der Waals surface area contributed by atoms with Crippen molar-refractivity contribution in [3.63, 3.8) is 0 Å². The number of aromatic nitrogens is 2. The summed E-state index contributed by atoms with van der Waals surface area (Å²) in [6.07, 6.45) is 1.17. The second kappa shape index (κ2) is 7.86. The molecule has 26 heavy (non-hydrogen) atoms. The number of primary amides is 1. The third-order valence-corrected chi connectivity index (χ3v) is 4.77. The van der Waals surface area contributed by atoms with Crippen LogP contribution in [-0.4, -0.2) is 45.4 Å². The predicted molar refractivity (Wildman–Crippen MR) is 97.9 cm³/mol. The second-order valence-corrected chi connectivity index (χ2v) is 7.29. The third-order valence-electron chi connectivity index (χ3n) is 4.77. The molecule has 1 fully saturated rings. The lowest BCUT2D eigenvalue weighted by molar-refractivity contribution is -0.123. The molecule has 0 radical (unpaired) electrons. The SMILES string of the molecule is CC(C)Cn1c(N)c(C(=O)CN2CCC(C(N)=O)CC2)c(=O)n(C)c1=O. The van der Waals surface area contributed by atoms with E-state index in [0.29, 0.717) is 32.5 Å². The Kier molecular flexibility index (Phi) is 6.01. The van der Waals surface area contributed by atoms with Crippen molar-refractivity contribution >= 4 is 17.5 Å². The summed E-state index contributed by atoms with van der Waals surface area (Å²) >= 11 is 0. The van der Waals surface area contributed by atoms with Gasteiger partial charge in [-0.25, -0.2) is 4.79 Å². The van der Waals surface area contributed by atoms with Crippen molar-refractivity contribution in [3.05, 3.63) is 26.4 Å². The van der Waals surface area contributed by atoms with E-state index in [1.54, 1.807) is 0 Å². The van der Waals surface area contributed by atoms with Crippen molar-refractivity contribution in [2.45, 2.75) is 33.2 Å². The van der Waals surface area contributed by atoms with Crippen LogP contribution in [0.5, 0.6) is 0 Å². The van der Waals surface area contributed by atoms with Crippen molar-refractivity contribution < 1.29 is 9.59 Å². The molecule has 1 aliphatic rings. The van der Waals surface area contributed by atoms with E-state index < -0.39 is 17.0 Å². The highest BCUT2D eigenvalue weighted by Gasteiger charge is 2.27. The van der Waals surface area contributed by atoms with Crippen LogP contribution in [0.2, 0.25) is 0 Å². The standard InChI is InChI=1S/C17H27N5O4/c1-10(2)8-22-14(18)13(16(25)20(3)17(22)26)12(23)9-21-6-4-11(5-7-21)15(19)24/h10-11H,4-9,18H2,1-3H3,(H2,19,24). The molecule has 9 heteroatoms. The second-order valence-electron chi connectivity index (χ2n) is 7.29. The third kappa shape index (κ3) is 4.04. The fourth-order valence-electron chi connectivity index (χ4n) is 3.24. The average Bonchev–Trinajstić information content (AvgIpc) is 2.57. The molecule has 2 heterocycles. The summed E-state index contributed by atoms with van der Waals surface area (Å²) in [4.78, 5) is 50.6. The Morgan fingerprint density at radius 3 is 2.27 bits per heavy atom. The Labute approximate surface area is 151 Å². The zero-order valence-electron chi connectivity index (χ0n) is 15.5. The lowest BCUT2D eigenvalue weighted by Gasteiger charge is -2.29. The monoisotopic (exact) mass is 365 g/mol. The maximum atomic E-state index is 12.7. The van der Waals surface area contributed by atoms with Gasteiger partial charge in [0.05, 0.1) is 6.54 Å². The van der Waals surface area contributed by atoms with Gasteiger partial charge in [0.2, 0.25) is 5.91 Å². The van der Waals surface area contributed by atoms with E-state index in [1.807, 2.05) is 18.7 Å². The normalized spacial score (nSPS) is 16.2. The van der Waals surface area contributed by atoms with Gasteiger partial charge in [-0.2, -0.15) is 0 Å². The fraction of sp³-hybridized carbons (Fsp3) is 0.647. The Bertz CT molecular complexity index is 816. The zero-order valence-corrected chi connectivity index (χ0v) is 15.5. The molecule has 0 aliphatic carbocycles. The molecule has 1 aromatic rings. The number of carbonyl (C=O) groups excluding carboxylic acids is 2. The molecule has 0 aromatic carbocycles. The number of amides is 1. The van der Waals surface area contributed by atoms with Crippen LogP contribution < -0.4 is 22.7 Å². The average molecular weight is 365 g/mol. The van der Waals surface area contributed by atoms with E-state index in [0.717, 1.165) is 4.57 Å². The first-order chi connectivity index (χ1) is 12.1. The molecule has 0 unspecified atom stereocenters. The first kappa shape index (κ1) is 19.9. The van der Waals surface area contributed by atoms with Crippen molar-refractivity contribution in [2.24, 2.45) is 24.6 Å². The van der Waals surface area contributed by atoms with Crippen molar-refractivity contribution in [1.29, 1.82) is 0 Å². The number of piperidine rings is 1. The van der Waals surface area contributed by atoms with Gasteiger partial charge in [0.25, 0.3) is 5.56 Å². The Morgan fingerprint density at radius 2 is 1.77 bits per heavy atom. The number of hydrogen-bond donors (Lipinski definition) is 2. The van der Waals surface area contributed by atoms with Gasteiger partial charge in [-0.05, 0) is 31.8 Å². The Balaban J connectivity index is 2.26. The largest absolute Gasteiger partial charge is 0.384 e. The molecule has 1 saturated heterocycles. The first-order valence-corrected chi connectivity index (χ1v) is 8.77. The Hall–Kier alpha value is -2.42. The molecular weight excluding hydrogens is 338 g/mol. The predicted octanol–water partition coefficient (Wildman–Crippen LogP) is -0.835.